The van der Waals surface area contributed by atoms with E-state index in [4.69, 9.17) is 22.2 Å². The molecule has 0 saturated carbocycles. The number of ether oxygens (including phenoxy) is 1. The first-order chi connectivity index (χ1) is 8.38. The van der Waals surface area contributed by atoms with Gasteiger partial charge in [-0.15, -0.1) is 0 Å². The highest BCUT2D eigenvalue weighted by molar-refractivity contribution is 6.30. The van der Waals surface area contributed by atoms with Crippen LogP contribution in [0.2, 0.25) is 5.02 Å². The molecule has 1 aromatic carbocycles. The summed E-state index contributed by atoms with van der Waals surface area (Å²) in [5.74, 6) is 5.13. The molecule has 0 fully saturated rings. The van der Waals surface area contributed by atoms with Gasteiger partial charge in [0, 0.05) is 13.2 Å². The maximum atomic E-state index is 13.1. The summed E-state index contributed by atoms with van der Waals surface area (Å²) >= 11 is 5.75. The molecule has 0 aliphatic rings. The van der Waals surface area contributed by atoms with Crippen molar-refractivity contribution in [3.05, 3.63) is 34.6 Å². The van der Waals surface area contributed by atoms with Gasteiger partial charge in [0.2, 0.25) is 0 Å². The summed E-state index contributed by atoms with van der Waals surface area (Å²) in [6.45, 7) is 3.99. The summed E-state index contributed by atoms with van der Waals surface area (Å²) in [5.41, 5.74) is 3.44. The molecule has 0 spiro atoms. The summed E-state index contributed by atoms with van der Waals surface area (Å²) in [7, 11) is 1.67. The Kier molecular flexibility index (Phi) is 5.53. The molecule has 0 aliphatic carbocycles. The molecule has 3 nitrogen and oxygen atoms in total. The molecule has 1 rings (SSSR count). The Balaban J connectivity index is 2.71. The smallest absolute Gasteiger partial charge is 0.141 e. The summed E-state index contributed by atoms with van der Waals surface area (Å²) in [6.07, 6.45) is 1.41. The van der Waals surface area contributed by atoms with Gasteiger partial charge in [-0.05, 0) is 44.4 Å². The highest BCUT2D eigenvalue weighted by atomic mass is 35.5. The first kappa shape index (κ1) is 15.4. The number of benzene rings is 1. The predicted molar refractivity (Wildman–Crippen MR) is 71.9 cm³/mol. The zero-order valence-electron chi connectivity index (χ0n) is 11.0. The van der Waals surface area contributed by atoms with Crippen molar-refractivity contribution in [1.82, 2.24) is 5.43 Å². The van der Waals surface area contributed by atoms with E-state index in [1.165, 1.54) is 6.07 Å². The van der Waals surface area contributed by atoms with Crippen molar-refractivity contribution in [2.75, 3.05) is 7.11 Å². The van der Waals surface area contributed by atoms with Gasteiger partial charge in [-0.2, -0.15) is 0 Å². The fourth-order valence-electron chi connectivity index (χ4n) is 1.82. The molecule has 102 valence electrons. The standard InChI is InChI=1S/C13H20ClFN2O/c1-13(2,18-3)8-10(17-16)6-9-4-5-12(15)11(14)7-9/h4-5,7,10,17H,6,8,16H2,1-3H3. The van der Waals surface area contributed by atoms with Crippen LogP contribution in [0, 0.1) is 5.82 Å². The normalized spacial score (nSPS) is 13.7. The topological polar surface area (TPSA) is 47.3 Å². The molecule has 18 heavy (non-hydrogen) atoms. The predicted octanol–water partition coefficient (Wildman–Crippen LogP) is 2.67. The van der Waals surface area contributed by atoms with E-state index < -0.39 is 5.82 Å². The molecule has 0 saturated heterocycles. The third kappa shape index (κ3) is 4.53. The van der Waals surface area contributed by atoms with Crippen LogP contribution < -0.4 is 11.3 Å². The maximum absolute atomic E-state index is 13.1. The molecule has 0 radical (unpaired) electrons. The number of hydrazine groups is 1. The van der Waals surface area contributed by atoms with E-state index in [2.05, 4.69) is 5.43 Å². The lowest BCUT2D eigenvalue weighted by Gasteiger charge is -2.28. The molecule has 0 heterocycles. The summed E-state index contributed by atoms with van der Waals surface area (Å²) in [4.78, 5) is 0. The molecule has 1 aromatic rings. The molecule has 1 atom stereocenters. The average molecular weight is 275 g/mol. The second-order valence-corrected chi connectivity index (χ2v) is 5.39. The quantitative estimate of drug-likeness (QED) is 0.619. The number of rotatable bonds is 6. The van der Waals surface area contributed by atoms with E-state index in [-0.39, 0.29) is 16.7 Å². The van der Waals surface area contributed by atoms with Crippen LogP contribution in [0.5, 0.6) is 0 Å². The van der Waals surface area contributed by atoms with Gasteiger partial charge in [0.1, 0.15) is 5.82 Å². The molecular formula is C13H20ClFN2O. The van der Waals surface area contributed by atoms with Crippen LogP contribution in [0.25, 0.3) is 0 Å². The van der Waals surface area contributed by atoms with Crippen LogP contribution in [0.4, 0.5) is 4.39 Å². The van der Waals surface area contributed by atoms with Gasteiger partial charge in [0.25, 0.3) is 0 Å². The largest absolute Gasteiger partial charge is 0.379 e. The van der Waals surface area contributed by atoms with Crippen LogP contribution in [0.15, 0.2) is 18.2 Å². The maximum Gasteiger partial charge on any atom is 0.141 e. The van der Waals surface area contributed by atoms with Crippen molar-refractivity contribution in [2.24, 2.45) is 5.84 Å². The van der Waals surface area contributed by atoms with Gasteiger partial charge in [0.15, 0.2) is 0 Å². The highest BCUT2D eigenvalue weighted by Crippen LogP contribution is 2.20. The van der Waals surface area contributed by atoms with E-state index in [0.717, 1.165) is 12.0 Å². The SMILES string of the molecule is COC(C)(C)CC(Cc1ccc(F)c(Cl)c1)NN. The number of methoxy groups -OCH3 is 1. The van der Waals surface area contributed by atoms with Crippen LogP contribution in [0.1, 0.15) is 25.8 Å². The molecule has 3 N–H and O–H groups in total. The van der Waals surface area contributed by atoms with Gasteiger partial charge in [-0.3, -0.25) is 11.3 Å². The lowest BCUT2D eigenvalue weighted by molar-refractivity contribution is 0.00710. The van der Waals surface area contributed by atoms with Crippen LogP contribution in [-0.4, -0.2) is 18.8 Å². The van der Waals surface area contributed by atoms with Crippen molar-refractivity contribution < 1.29 is 9.13 Å². The minimum absolute atomic E-state index is 0.0430. The minimum atomic E-state index is -0.408. The molecule has 0 amide bonds. The fourth-order valence-corrected chi connectivity index (χ4v) is 2.02. The lowest BCUT2D eigenvalue weighted by Crippen LogP contribution is -2.42. The van der Waals surface area contributed by atoms with E-state index in [1.54, 1.807) is 19.2 Å². The molecule has 0 aliphatic heterocycles. The zero-order chi connectivity index (χ0) is 13.8. The summed E-state index contributed by atoms with van der Waals surface area (Å²) in [5, 5.41) is 0.134. The molecule has 0 bridgehead atoms. The average Bonchev–Trinajstić information content (AvgIpc) is 2.33. The van der Waals surface area contributed by atoms with Gasteiger partial charge < -0.3 is 4.74 Å². The Morgan fingerprint density at radius 2 is 2.17 bits per heavy atom. The Morgan fingerprint density at radius 3 is 2.67 bits per heavy atom. The second-order valence-electron chi connectivity index (χ2n) is 4.98. The number of hydrogen-bond donors (Lipinski definition) is 2. The molecular weight excluding hydrogens is 255 g/mol. The number of hydrogen-bond acceptors (Lipinski definition) is 3. The van der Waals surface area contributed by atoms with Crippen LogP contribution >= 0.6 is 11.6 Å². The van der Waals surface area contributed by atoms with Crippen molar-refractivity contribution >= 4 is 11.6 Å². The first-order valence-corrected chi connectivity index (χ1v) is 6.21. The minimum Gasteiger partial charge on any atom is -0.379 e. The zero-order valence-corrected chi connectivity index (χ0v) is 11.7. The van der Waals surface area contributed by atoms with Crippen molar-refractivity contribution in [3.63, 3.8) is 0 Å². The number of nitrogens with two attached hydrogens (primary N) is 1. The third-order valence-electron chi connectivity index (χ3n) is 2.99. The van der Waals surface area contributed by atoms with E-state index >= 15 is 0 Å². The third-order valence-corrected chi connectivity index (χ3v) is 3.28. The Hall–Kier alpha value is -0.680. The Labute approximate surface area is 112 Å². The first-order valence-electron chi connectivity index (χ1n) is 5.83. The van der Waals surface area contributed by atoms with Crippen LogP contribution in [-0.2, 0) is 11.2 Å². The van der Waals surface area contributed by atoms with Gasteiger partial charge in [-0.1, -0.05) is 17.7 Å². The molecule has 0 aromatic heterocycles. The summed E-state index contributed by atoms with van der Waals surface area (Å²) < 4.78 is 18.4. The van der Waals surface area contributed by atoms with Gasteiger partial charge >= 0.3 is 0 Å². The Bertz CT molecular complexity index is 399. The Morgan fingerprint density at radius 1 is 1.50 bits per heavy atom. The molecule has 1 unspecified atom stereocenters. The van der Waals surface area contributed by atoms with Gasteiger partial charge in [-0.25, -0.2) is 4.39 Å². The van der Waals surface area contributed by atoms with E-state index in [0.29, 0.717) is 6.42 Å². The van der Waals surface area contributed by atoms with Crippen LogP contribution in [0.3, 0.4) is 0 Å². The second kappa shape index (κ2) is 6.48. The van der Waals surface area contributed by atoms with Crippen molar-refractivity contribution in [1.29, 1.82) is 0 Å². The van der Waals surface area contributed by atoms with Crippen molar-refractivity contribution in [2.45, 2.75) is 38.3 Å². The van der Waals surface area contributed by atoms with E-state index in [1.807, 2.05) is 13.8 Å². The molecule has 5 heteroatoms. The number of halogens is 2. The number of nitrogens with one attached hydrogen (secondary N) is 1. The van der Waals surface area contributed by atoms with Crippen molar-refractivity contribution in [3.8, 4) is 0 Å². The van der Waals surface area contributed by atoms with Gasteiger partial charge in [0.05, 0.1) is 10.6 Å². The fraction of sp³-hybridized carbons (Fsp3) is 0.538. The van der Waals surface area contributed by atoms with E-state index in [9.17, 15) is 4.39 Å². The summed E-state index contributed by atoms with van der Waals surface area (Å²) in [6, 6.07) is 4.75. The lowest BCUT2D eigenvalue weighted by atomic mass is 9.94. The highest BCUT2D eigenvalue weighted by Gasteiger charge is 2.22. The monoisotopic (exact) mass is 274 g/mol.